The number of hydrogen-bond acceptors (Lipinski definition) is 4. The first-order valence-electron chi connectivity index (χ1n) is 8.13. The number of piperidine rings is 1. The second-order valence-electron chi connectivity index (χ2n) is 5.94. The Morgan fingerprint density at radius 1 is 1.36 bits per heavy atom. The summed E-state index contributed by atoms with van der Waals surface area (Å²) in [7, 11) is 0. The number of likely N-dealkylation sites (tertiary alicyclic amines) is 1. The van der Waals surface area contributed by atoms with Crippen molar-refractivity contribution in [3.63, 3.8) is 0 Å². The van der Waals surface area contributed by atoms with Gasteiger partial charge in [-0.2, -0.15) is 0 Å². The third-order valence-corrected chi connectivity index (χ3v) is 5.54. The highest BCUT2D eigenvalue weighted by Crippen LogP contribution is 2.29. The molecular formula is C16H23N3O2S. The van der Waals surface area contributed by atoms with E-state index in [4.69, 9.17) is 0 Å². The van der Waals surface area contributed by atoms with Crippen LogP contribution in [0, 0.1) is 0 Å². The summed E-state index contributed by atoms with van der Waals surface area (Å²) < 4.78 is 0. The van der Waals surface area contributed by atoms with Crippen LogP contribution in [0.25, 0.3) is 0 Å². The lowest BCUT2D eigenvalue weighted by Gasteiger charge is -2.26. The highest BCUT2D eigenvalue weighted by Gasteiger charge is 2.20. The molecule has 3 rings (SSSR count). The molecule has 0 aromatic carbocycles. The minimum absolute atomic E-state index is 0.0290. The molecule has 0 saturated carbocycles. The largest absolute Gasteiger partial charge is 0.350 e. The van der Waals surface area contributed by atoms with Crippen LogP contribution in [0.4, 0.5) is 0 Å². The number of rotatable bonds is 5. The molecule has 2 aliphatic rings. The number of carbonyl (C=O) groups is 2. The summed E-state index contributed by atoms with van der Waals surface area (Å²) in [6.07, 6.45) is 5.07. The van der Waals surface area contributed by atoms with Gasteiger partial charge >= 0.3 is 0 Å². The fraction of sp³-hybridized carbons (Fsp3) is 0.625. The Kier molecular flexibility index (Phi) is 5.10. The molecular weight excluding hydrogens is 298 g/mol. The lowest BCUT2D eigenvalue weighted by Crippen LogP contribution is -2.40. The van der Waals surface area contributed by atoms with Crippen molar-refractivity contribution in [2.45, 2.75) is 38.1 Å². The summed E-state index contributed by atoms with van der Waals surface area (Å²) in [6.45, 7) is 3.03. The number of nitrogens with zero attached hydrogens (tertiary/aromatic N) is 1. The van der Waals surface area contributed by atoms with E-state index in [2.05, 4.69) is 16.7 Å². The highest BCUT2D eigenvalue weighted by molar-refractivity contribution is 7.14. The minimum Gasteiger partial charge on any atom is -0.350 e. The topological polar surface area (TPSA) is 61.4 Å². The summed E-state index contributed by atoms with van der Waals surface area (Å²) in [4.78, 5) is 27.7. The average molecular weight is 321 g/mol. The van der Waals surface area contributed by atoms with E-state index in [1.807, 2.05) is 11.0 Å². The lowest BCUT2D eigenvalue weighted by atomic mass is 10.1. The standard InChI is InChI=1S/C16H23N3O2S/c20-15-5-1-2-10-19(15)11-9-18-16(21)14-7-6-13(22-14)12-4-3-8-17-12/h6-7,12,17H,1-5,8-11H2,(H,18,21). The Labute approximate surface area is 135 Å². The van der Waals surface area contributed by atoms with Crippen LogP contribution < -0.4 is 10.6 Å². The van der Waals surface area contributed by atoms with Crippen molar-refractivity contribution in [3.8, 4) is 0 Å². The fourth-order valence-corrected chi connectivity index (χ4v) is 4.11. The number of carbonyl (C=O) groups excluding carboxylic acids is 2. The molecule has 2 amide bonds. The van der Waals surface area contributed by atoms with Gasteiger partial charge in [0.15, 0.2) is 0 Å². The number of amides is 2. The van der Waals surface area contributed by atoms with Crippen molar-refractivity contribution in [3.05, 3.63) is 21.9 Å². The molecule has 2 N–H and O–H groups in total. The molecule has 2 aliphatic heterocycles. The van der Waals surface area contributed by atoms with Crippen molar-refractivity contribution < 1.29 is 9.59 Å². The lowest BCUT2D eigenvalue weighted by molar-refractivity contribution is -0.133. The van der Waals surface area contributed by atoms with E-state index in [0.717, 1.165) is 37.2 Å². The molecule has 2 fully saturated rings. The van der Waals surface area contributed by atoms with E-state index in [0.29, 0.717) is 25.6 Å². The zero-order valence-corrected chi connectivity index (χ0v) is 13.6. The van der Waals surface area contributed by atoms with E-state index in [-0.39, 0.29) is 11.8 Å². The smallest absolute Gasteiger partial charge is 0.261 e. The van der Waals surface area contributed by atoms with Gasteiger partial charge in [-0.1, -0.05) is 0 Å². The third kappa shape index (κ3) is 3.67. The Balaban J connectivity index is 1.46. The maximum absolute atomic E-state index is 12.2. The van der Waals surface area contributed by atoms with Gasteiger partial charge in [0.1, 0.15) is 0 Å². The van der Waals surface area contributed by atoms with Crippen LogP contribution in [0.3, 0.4) is 0 Å². The summed E-state index contributed by atoms with van der Waals surface area (Å²) in [5.41, 5.74) is 0. The van der Waals surface area contributed by atoms with Crippen LogP contribution in [0.15, 0.2) is 12.1 Å². The van der Waals surface area contributed by atoms with Crippen LogP contribution in [-0.2, 0) is 4.79 Å². The first-order chi connectivity index (χ1) is 10.7. The second kappa shape index (κ2) is 7.24. The minimum atomic E-state index is -0.0290. The highest BCUT2D eigenvalue weighted by atomic mass is 32.1. The van der Waals surface area contributed by atoms with E-state index in [1.165, 1.54) is 11.3 Å². The normalized spacial score (nSPS) is 22.1. The molecule has 3 heterocycles. The summed E-state index contributed by atoms with van der Waals surface area (Å²) in [5.74, 6) is 0.185. The Bertz CT molecular complexity index is 537. The van der Waals surface area contributed by atoms with E-state index < -0.39 is 0 Å². The van der Waals surface area contributed by atoms with Crippen molar-refractivity contribution in [2.24, 2.45) is 0 Å². The Morgan fingerprint density at radius 2 is 2.27 bits per heavy atom. The second-order valence-corrected chi connectivity index (χ2v) is 7.06. The maximum Gasteiger partial charge on any atom is 0.261 e. The molecule has 1 atom stereocenters. The summed E-state index contributed by atoms with van der Waals surface area (Å²) in [5, 5.41) is 6.38. The van der Waals surface area contributed by atoms with E-state index in [9.17, 15) is 9.59 Å². The van der Waals surface area contributed by atoms with Gasteiger partial charge in [-0.15, -0.1) is 11.3 Å². The van der Waals surface area contributed by atoms with Crippen LogP contribution >= 0.6 is 11.3 Å². The molecule has 5 nitrogen and oxygen atoms in total. The van der Waals surface area contributed by atoms with Crippen molar-refractivity contribution in [1.82, 2.24) is 15.5 Å². The first-order valence-corrected chi connectivity index (χ1v) is 8.95. The van der Waals surface area contributed by atoms with E-state index in [1.54, 1.807) is 11.3 Å². The van der Waals surface area contributed by atoms with Gasteiger partial charge < -0.3 is 15.5 Å². The van der Waals surface area contributed by atoms with Gasteiger partial charge in [0.2, 0.25) is 5.91 Å². The van der Waals surface area contributed by atoms with Gasteiger partial charge in [-0.25, -0.2) is 0 Å². The zero-order chi connectivity index (χ0) is 15.4. The van der Waals surface area contributed by atoms with Crippen LogP contribution in [0.2, 0.25) is 0 Å². The SMILES string of the molecule is O=C(NCCN1CCCCC1=O)c1ccc(C2CCCN2)s1. The van der Waals surface area contributed by atoms with Gasteiger partial charge in [0.25, 0.3) is 5.91 Å². The molecule has 120 valence electrons. The predicted octanol–water partition coefficient (Wildman–Crippen LogP) is 1.91. The van der Waals surface area contributed by atoms with Crippen LogP contribution in [-0.4, -0.2) is 42.9 Å². The van der Waals surface area contributed by atoms with Gasteiger partial charge in [-0.3, -0.25) is 9.59 Å². The summed E-state index contributed by atoms with van der Waals surface area (Å²) >= 11 is 1.57. The van der Waals surface area contributed by atoms with Gasteiger partial charge in [0.05, 0.1) is 4.88 Å². The molecule has 6 heteroatoms. The molecule has 22 heavy (non-hydrogen) atoms. The van der Waals surface area contributed by atoms with Crippen molar-refractivity contribution in [1.29, 1.82) is 0 Å². The molecule has 2 saturated heterocycles. The van der Waals surface area contributed by atoms with Gasteiger partial charge in [-0.05, 0) is 44.4 Å². The van der Waals surface area contributed by atoms with E-state index >= 15 is 0 Å². The third-order valence-electron chi connectivity index (χ3n) is 4.34. The van der Waals surface area contributed by atoms with Crippen LogP contribution in [0.1, 0.15) is 52.7 Å². The monoisotopic (exact) mass is 321 g/mol. The van der Waals surface area contributed by atoms with Crippen molar-refractivity contribution >= 4 is 23.2 Å². The molecule has 0 bridgehead atoms. The summed E-state index contributed by atoms with van der Waals surface area (Å²) in [6, 6.07) is 4.37. The molecule has 0 radical (unpaired) electrons. The van der Waals surface area contributed by atoms with Crippen LogP contribution in [0.5, 0.6) is 0 Å². The maximum atomic E-state index is 12.2. The molecule has 1 unspecified atom stereocenters. The number of thiophene rings is 1. The zero-order valence-electron chi connectivity index (χ0n) is 12.8. The Hall–Kier alpha value is -1.40. The molecule has 0 aliphatic carbocycles. The Morgan fingerprint density at radius 3 is 3.05 bits per heavy atom. The molecule has 0 spiro atoms. The fourth-order valence-electron chi connectivity index (χ4n) is 3.08. The predicted molar refractivity (Wildman–Crippen MR) is 87.1 cm³/mol. The van der Waals surface area contributed by atoms with Crippen molar-refractivity contribution in [2.75, 3.05) is 26.2 Å². The molecule has 1 aromatic heterocycles. The molecule has 1 aromatic rings. The van der Waals surface area contributed by atoms with Gasteiger partial charge in [0, 0.05) is 37.0 Å². The number of nitrogens with one attached hydrogen (secondary N) is 2. The quantitative estimate of drug-likeness (QED) is 0.871. The number of hydrogen-bond donors (Lipinski definition) is 2. The first kappa shape index (κ1) is 15.5. The average Bonchev–Trinajstić information content (AvgIpc) is 3.20.